The minimum absolute atomic E-state index is 0.0889. The molecule has 168 valence electrons. The van der Waals surface area contributed by atoms with E-state index >= 15 is 0 Å². The number of hydrogen-bond acceptors (Lipinski definition) is 4. The van der Waals surface area contributed by atoms with Gasteiger partial charge in [-0.3, -0.25) is 14.3 Å². The highest BCUT2D eigenvalue weighted by atomic mass is 32.2. The molecule has 1 aromatic heterocycles. The molecule has 0 aliphatic carbocycles. The first-order valence-electron chi connectivity index (χ1n) is 9.98. The lowest BCUT2D eigenvalue weighted by molar-refractivity contribution is 0.0787. The van der Waals surface area contributed by atoms with Gasteiger partial charge in [0.1, 0.15) is 5.82 Å². The van der Waals surface area contributed by atoms with Gasteiger partial charge in [-0.15, -0.1) is 0 Å². The first-order valence-corrected chi connectivity index (χ1v) is 11.5. The van der Waals surface area contributed by atoms with E-state index in [1.54, 1.807) is 7.05 Å². The number of hydrogen-bond donors (Lipinski definition) is 2. The highest BCUT2D eigenvalue weighted by Crippen LogP contribution is 2.23. The number of aromatic nitrogens is 1. The molecule has 33 heavy (non-hydrogen) atoms. The summed E-state index contributed by atoms with van der Waals surface area (Å²) < 4.78 is 41.3. The van der Waals surface area contributed by atoms with Crippen molar-refractivity contribution < 1.29 is 17.6 Å². The Balaban J connectivity index is 1.71. The average molecular weight is 466 g/mol. The van der Waals surface area contributed by atoms with Crippen LogP contribution in [-0.2, 0) is 16.6 Å². The summed E-state index contributed by atoms with van der Waals surface area (Å²) in [6.07, 6.45) is 0. The molecule has 4 rings (SSSR count). The summed E-state index contributed by atoms with van der Waals surface area (Å²) in [4.78, 5) is 29.3. The van der Waals surface area contributed by atoms with Crippen molar-refractivity contribution in [2.45, 2.75) is 11.4 Å². The molecule has 2 N–H and O–H groups in total. The Morgan fingerprint density at radius 2 is 1.70 bits per heavy atom. The summed E-state index contributed by atoms with van der Waals surface area (Å²) in [6, 6.07) is 19.5. The number of H-pyrrole nitrogens is 1. The number of pyridine rings is 1. The van der Waals surface area contributed by atoms with Crippen LogP contribution in [0.3, 0.4) is 0 Å². The minimum atomic E-state index is -4.03. The van der Waals surface area contributed by atoms with E-state index in [0.29, 0.717) is 17.4 Å². The average Bonchev–Trinajstić information content (AvgIpc) is 2.79. The zero-order valence-corrected chi connectivity index (χ0v) is 18.4. The lowest BCUT2D eigenvalue weighted by atomic mass is 10.1. The van der Waals surface area contributed by atoms with E-state index in [9.17, 15) is 22.4 Å². The summed E-state index contributed by atoms with van der Waals surface area (Å²) in [5.41, 5.74) is 1.05. The van der Waals surface area contributed by atoms with E-state index in [4.69, 9.17) is 0 Å². The van der Waals surface area contributed by atoms with E-state index in [0.717, 1.165) is 23.8 Å². The first-order chi connectivity index (χ1) is 15.7. The number of amides is 1. The maximum absolute atomic E-state index is 13.2. The summed E-state index contributed by atoms with van der Waals surface area (Å²) in [6.45, 7) is 0.318. The number of carbonyl (C=O) groups excluding carboxylic acids is 1. The number of carbonyl (C=O) groups is 1. The van der Waals surface area contributed by atoms with Gasteiger partial charge in [0.15, 0.2) is 0 Å². The Morgan fingerprint density at radius 3 is 2.39 bits per heavy atom. The van der Waals surface area contributed by atoms with Gasteiger partial charge in [0.2, 0.25) is 5.56 Å². The standard InChI is InChI=1S/C24H20FN3O4S/c1-28(15-16-5-3-2-4-6-16)24(30)21-14-23(29)26-22-12-11-19(13-20(21)22)33(31,32)27-18-9-7-17(25)8-10-18/h2-14,27H,15H2,1H3,(H,26,29). The Kier molecular flexibility index (Phi) is 5.97. The van der Waals surface area contributed by atoms with Crippen LogP contribution < -0.4 is 10.3 Å². The third kappa shape index (κ3) is 4.93. The number of fused-ring (bicyclic) bond motifs is 1. The lowest BCUT2D eigenvalue weighted by Crippen LogP contribution is -2.27. The second-order valence-electron chi connectivity index (χ2n) is 7.51. The van der Waals surface area contributed by atoms with Crippen molar-refractivity contribution in [3.05, 3.63) is 106 Å². The Morgan fingerprint density at radius 1 is 1.00 bits per heavy atom. The van der Waals surface area contributed by atoms with Crippen LogP contribution in [-0.4, -0.2) is 31.3 Å². The van der Waals surface area contributed by atoms with E-state index in [1.807, 2.05) is 30.3 Å². The predicted molar refractivity (Wildman–Crippen MR) is 124 cm³/mol. The second kappa shape index (κ2) is 8.87. The first kappa shape index (κ1) is 22.2. The Labute approximate surface area is 189 Å². The number of aromatic amines is 1. The predicted octanol–water partition coefficient (Wildman–Crippen LogP) is 3.74. The number of rotatable bonds is 6. The fourth-order valence-corrected chi connectivity index (χ4v) is 4.53. The molecule has 9 heteroatoms. The number of anilines is 1. The van der Waals surface area contributed by atoms with Crippen LogP contribution in [0.5, 0.6) is 0 Å². The smallest absolute Gasteiger partial charge is 0.261 e. The van der Waals surface area contributed by atoms with Gasteiger partial charge in [-0.2, -0.15) is 0 Å². The third-order valence-corrected chi connectivity index (χ3v) is 6.44. The van der Waals surface area contributed by atoms with Crippen molar-refractivity contribution in [3.63, 3.8) is 0 Å². The normalized spacial score (nSPS) is 11.3. The lowest BCUT2D eigenvalue weighted by Gasteiger charge is -2.18. The van der Waals surface area contributed by atoms with Gasteiger partial charge in [-0.05, 0) is 48.0 Å². The molecule has 3 aromatic carbocycles. The van der Waals surface area contributed by atoms with Crippen LogP contribution in [0.1, 0.15) is 15.9 Å². The van der Waals surface area contributed by atoms with Gasteiger partial charge in [0.25, 0.3) is 15.9 Å². The van der Waals surface area contributed by atoms with E-state index in [2.05, 4.69) is 9.71 Å². The maximum atomic E-state index is 13.2. The van der Waals surface area contributed by atoms with Crippen LogP contribution in [0.25, 0.3) is 10.9 Å². The molecule has 0 spiro atoms. The van der Waals surface area contributed by atoms with Crippen molar-refractivity contribution >= 4 is 32.5 Å². The fraction of sp³-hybridized carbons (Fsp3) is 0.0833. The summed E-state index contributed by atoms with van der Waals surface area (Å²) in [5, 5.41) is 0.293. The SMILES string of the molecule is CN(Cc1ccccc1)C(=O)c1cc(=O)[nH]c2ccc(S(=O)(=O)Nc3ccc(F)cc3)cc12. The molecule has 0 bridgehead atoms. The summed E-state index contributed by atoms with van der Waals surface area (Å²) in [5.74, 6) is -0.911. The highest BCUT2D eigenvalue weighted by Gasteiger charge is 2.20. The molecule has 0 radical (unpaired) electrons. The van der Waals surface area contributed by atoms with Gasteiger partial charge >= 0.3 is 0 Å². The van der Waals surface area contributed by atoms with Gasteiger partial charge in [0, 0.05) is 36.2 Å². The minimum Gasteiger partial charge on any atom is -0.337 e. The molecular weight excluding hydrogens is 445 g/mol. The van der Waals surface area contributed by atoms with Gasteiger partial charge in [0.05, 0.1) is 10.5 Å². The largest absolute Gasteiger partial charge is 0.337 e. The number of halogens is 1. The molecule has 1 amide bonds. The molecular formula is C24H20FN3O4S. The van der Waals surface area contributed by atoms with Crippen LogP contribution in [0, 0.1) is 5.82 Å². The van der Waals surface area contributed by atoms with Gasteiger partial charge in [-0.1, -0.05) is 30.3 Å². The van der Waals surface area contributed by atoms with Crippen molar-refractivity contribution in [2.24, 2.45) is 0 Å². The monoisotopic (exact) mass is 465 g/mol. The molecule has 0 saturated carbocycles. The quantitative estimate of drug-likeness (QED) is 0.453. The van der Waals surface area contributed by atoms with Crippen LogP contribution >= 0.6 is 0 Å². The summed E-state index contributed by atoms with van der Waals surface area (Å²) >= 11 is 0. The number of nitrogens with zero attached hydrogens (tertiary/aromatic N) is 1. The van der Waals surface area contributed by atoms with Gasteiger partial charge in [-0.25, -0.2) is 12.8 Å². The fourth-order valence-electron chi connectivity index (χ4n) is 3.44. The van der Waals surface area contributed by atoms with E-state index in [-0.39, 0.29) is 16.1 Å². The van der Waals surface area contributed by atoms with Crippen molar-refractivity contribution in [1.82, 2.24) is 9.88 Å². The number of sulfonamides is 1. The summed E-state index contributed by atoms with van der Waals surface area (Å²) in [7, 11) is -2.42. The molecule has 1 heterocycles. The Bertz CT molecular complexity index is 1480. The maximum Gasteiger partial charge on any atom is 0.261 e. The second-order valence-corrected chi connectivity index (χ2v) is 9.20. The topological polar surface area (TPSA) is 99.3 Å². The Hall–Kier alpha value is -3.98. The van der Waals surface area contributed by atoms with Crippen molar-refractivity contribution in [1.29, 1.82) is 0 Å². The van der Waals surface area contributed by atoms with E-state index < -0.39 is 27.3 Å². The molecule has 0 aliphatic heterocycles. The zero-order valence-electron chi connectivity index (χ0n) is 17.6. The molecule has 7 nitrogen and oxygen atoms in total. The number of nitrogens with one attached hydrogen (secondary N) is 2. The molecule has 0 aliphatic rings. The van der Waals surface area contributed by atoms with Crippen molar-refractivity contribution in [2.75, 3.05) is 11.8 Å². The zero-order chi connectivity index (χ0) is 23.6. The highest BCUT2D eigenvalue weighted by molar-refractivity contribution is 7.92. The van der Waals surface area contributed by atoms with Crippen LogP contribution in [0.15, 0.2) is 88.6 Å². The van der Waals surface area contributed by atoms with Crippen molar-refractivity contribution in [3.8, 4) is 0 Å². The molecule has 0 saturated heterocycles. The van der Waals surface area contributed by atoms with Gasteiger partial charge < -0.3 is 9.88 Å². The number of benzene rings is 3. The molecule has 0 atom stereocenters. The molecule has 4 aromatic rings. The van der Waals surface area contributed by atoms with E-state index in [1.165, 1.54) is 35.2 Å². The molecule has 0 fully saturated rings. The third-order valence-electron chi connectivity index (χ3n) is 5.06. The van der Waals surface area contributed by atoms with Crippen LogP contribution in [0.4, 0.5) is 10.1 Å². The van der Waals surface area contributed by atoms with Crippen LogP contribution in [0.2, 0.25) is 0 Å². The molecule has 0 unspecified atom stereocenters.